The number of hydrogen-bond acceptors (Lipinski definition) is 3. The number of carbonyl (C=O) groups is 1. The lowest BCUT2D eigenvalue weighted by Crippen LogP contribution is -2.27. The van der Waals surface area contributed by atoms with E-state index in [1.165, 1.54) is 6.07 Å². The van der Waals surface area contributed by atoms with Crippen LogP contribution in [0.25, 0.3) is 11.3 Å². The van der Waals surface area contributed by atoms with Crippen LogP contribution in [0.4, 0.5) is 5.69 Å². The number of benzene rings is 2. The first-order chi connectivity index (χ1) is 14.9. The summed E-state index contributed by atoms with van der Waals surface area (Å²) < 4.78 is 7.51. The zero-order chi connectivity index (χ0) is 22.0. The number of carbonyl (C=O) groups excluding carboxylic acids is 1. The summed E-state index contributed by atoms with van der Waals surface area (Å²) >= 11 is 0. The van der Waals surface area contributed by atoms with E-state index in [2.05, 4.69) is 5.32 Å². The SMILES string of the molecule is Cc1cccc(-c2c(C(=O)Nc3ccccc3C)c(=O)cc(C)n2Cc2ccco2)c1. The number of anilines is 1. The molecule has 5 nitrogen and oxygen atoms in total. The summed E-state index contributed by atoms with van der Waals surface area (Å²) in [5.41, 5.74) is 4.60. The van der Waals surface area contributed by atoms with E-state index in [1.54, 1.807) is 6.26 Å². The number of furan rings is 1. The smallest absolute Gasteiger partial charge is 0.261 e. The molecule has 5 heteroatoms. The predicted octanol–water partition coefficient (Wildman–Crippen LogP) is 5.33. The van der Waals surface area contributed by atoms with Gasteiger partial charge in [0, 0.05) is 17.4 Å². The number of nitrogens with one attached hydrogen (secondary N) is 1. The minimum Gasteiger partial charge on any atom is -0.467 e. The Hall–Kier alpha value is -3.86. The normalized spacial score (nSPS) is 10.8. The Morgan fingerprint density at radius 3 is 2.48 bits per heavy atom. The summed E-state index contributed by atoms with van der Waals surface area (Å²) in [6.07, 6.45) is 1.62. The lowest BCUT2D eigenvalue weighted by Gasteiger charge is -2.20. The summed E-state index contributed by atoms with van der Waals surface area (Å²) in [5, 5.41) is 2.92. The first kappa shape index (κ1) is 20.4. The second-order valence-corrected chi connectivity index (χ2v) is 7.68. The number of aromatic nitrogens is 1. The molecule has 0 bridgehead atoms. The molecule has 0 aliphatic carbocycles. The van der Waals surface area contributed by atoms with Gasteiger partial charge in [-0.15, -0.1) is 0 Å². The maximum atomic E-state index is 13.4. The molecular weight excluding hydrogens is 388 g/mol. The average molecular weight is 412 g/mol. The number of rotatable bonds is 5. The van der Waals surface area contributed by atoms with Crippen molar-refractivity contribution in [2.75, 3.05) is 5.32 Å². The van der Waals surface area contributed by atoms with Crippen molar-refractivity contribution in [1.82, 2.24) is 4.57 Å². The first-order valence-electron chi connectivity index (χ1n) is 10.1. The van der Waals surface area contributed by atoms with Crippen LogP contribution in [0.2, 0.25) is 0 Å². The molecule has 0 atom stereocenters. The molecule has 0 unspecified atom stereocenters. The molecule has 31 heavy (non-hydrogen) atoms. The molecule has 2 aromatic carbocycles. The highest BCUT2D eigenvalue weighted by molar-refractivity contribution is 6.08. The van der Waals surface area contributed by atoms with Crippen LogP contribution >= 0.6 is 0 Å². The van der Waals surface area contributed by atoms with Crippen LogP contribution in [-0.4, -0.2) is 10.5 Å². The fourth-order valence-corrected chi connectivity index (χ4v) is 3.74. The molecule has 4 aromatic rings. The number of nitrogens with zero attached hydrogens (tertiary/aromatic N) is 1. The van der Waals surface area contributed by atoms with E-state index in [4.69, 9.17) is 4.42 Å². The third-order valence-corrected chi connectivity index (χ3v) is 5.32. The minimum absolute atomic E-state index is 0.117. The van der Waals surface area contributed by atoms with Gasteiger partial charge in [0.25, 0.3) is 5.91 Å². The largest absolute Gasteiger partial charge is 0.467 e. The Labute approximate surface area is 181 Å². The van der Waals surface area contributed by atoms with Crippen LogP contribution in [0.1, 0.15) is 32.9 Å². The lowest BCUT2D eigenvalue weighted by molar-refractivity contribution is 0.102. The van der Waals surface area contributed by atoms with Crippen molar-refractivity contribution in [3.05, 3.63) is 111 Å². The predicted molar refractivity (Wildman–Crippen MR) is 123 cm³/mol. The van der Waals surface area contributed by atoms with Gasteiger partial charge < -0.3 is 14.3 Å². The number of pyridine rings is 1. The number of aryl methyl sites for hydroxylation is 3. The van der Waals surface area contributed by atoms with Gasteiger partial charge in [-0.05, 0) is 56.2 Å². The van der Waals surface area contributed by atoms with Gasteiger partial charge in [-0.25, -0.2) is 0 Å². The highest BCUT2D eigenvalue weighted by atomic mass is 16.3. The van der Waals surface area contributed by atoms with E-state index in [9.17, 15) is 9.59 Å². The van der Waals surface area contributed by atoms with Crippen molar-refractivity contribution >= 4 is 11.6 Å². The molecule has 2 aromatic heterocycles. The van der Waals surface area contributed by atoms with Gasteiger partial charge in [-0.3, -0.25) is 9.59 Å². The van der Waals surface area contributed by atoms with E-state index in [-0.39, 0.29) is 11.0 Å². The number of para-hydroxylation sites is 1. The molecule has 0 radical (unpaired) electrons. The van der Waals surface area contributed by atoms with Crippen molar-refractivity contribution in [2.24, 2.45) is 0 Å². The molecule has 156 valence electrons. The van der Waals surface area contributed by atoms with Crippen LogP contribution in [0.15, 0.2) is 82.2 Å². The molecule has 0 saturated carbocycles. The van der Waals surface area contributed by atoms with E-state index in [0.29, 0.717) is 17.9 Å². The Kier molecular flexibility index (Phi) is 5.58. The van der Waals surface area contributed by atoms with E-state index in [1.807, 2.05) is 86.0 Å². The standard InChI is InChI=1S/C26H24N2O3/c1-17-8-6-10-20(14-17)25-24(26(30)27-22-12-5-4-9-18(22)2)23(29)15-19(3)28(25)16-21-11-7-13-31-21/h4-15H,16H2,1-3H3,(H,27,30). The molecule has 1 amide bonds. The van der Waals surface area contributed by atoms with Gasteiger partial charge in [0.05, 0.1) is 18.5 Å². The van der Waals surface area contributed by atoms with Gasteiger partial charge >= 0.3 is 0 Å². The average Bonchev–Trinajstić information content (AvgIpc) is 3.24. The minimum atomic E-state index is -0.427. The molecule has 0 aliphatic heterocycles. The zero-order valence-electron chi connectivity index (χ0n) is 17.8. The molecule has 4 rings (SSSR count). The molecule has 0 aliphatic rings. The Morgan fingerprint density at radius 2 is 1.77 bits per heavy atom. The van der Waals surface area contributed by atoms with Crippen LogP contribution in [0, 0.1) is 20.8 Å². The monoisotopic (exact) mass is 412 g/mol. The second-order valence-electron chi connectivity index (χ2n) is 7.68. The van der Waals surface area contributed by atoms with Crippen molar-refractivity contribution in [3.8, 4) is 11.3 Å². The van der Waals surface area contributed by atoms with Crippen molar-refractivity contribution in [1.29, 1.82) is 0 Å². The van der Waals surface area contributed by atoms with E-state index >= 15 is 0 Å². The van der Waals surface area contributed by atoms with Gasteiger partial charge in [0.15, 0.2) is 5.43 Å². The van der Waals surface area contributed by atoms with Crippen LogP contribution in [-0.2, 0) is 6.54 Å². The second kappa shape index (κ2) is 8.48. The third kappa shape index (κ3) is 4.21. The maximum Gasteiger partial charge on any atom is 0.261 e. The zero-order valence-corrected chi connectivity index (χ0v) is 17.8. The van der Waals surface area contributed by atoms with E-state index < -0.39 is 5.91 Å². The molecule has 2 heterocycles. The summed E-state index contributed by atoms with van der Waals surface area (Å²) in [4.78, 5) is 26.5. The highest BCUT2D eigenvalue weighted by Gasteiger charge is 2.23. The van der Waals surface area contributed by atoms with Gasteiger partial charge in [-0.2, -0.15) is 0 Å². The van der Waals surface area contributed by atoms with Gasteiger partial charge in [0.1, 0.15) is 11.3 Å². The van der Waals surface area contributed by atoms with Crippen molar-refractivity contribution < 1.29 is 9.21 Å². The van der Waals surface area contributed by atoms with Gasteiger partial charge in [0.2, 0.25) is 0 Å². The topological polar surface area (TPSA) is 64.2 Å². The summed E-state index contributed by atoms with van der Waals surface area (Å²) in [5.74, 6) is 0.315. The van der Waals surface area contributed by atoms with Crippen molar-refractivity contribution in [2.45, 2.75) is 27.3 Å². The Bertz CT molecular complexity index is 1300. The van der Waals surface area contributed by atoms with Gasteiger partial charge in [-0.1, -0.05) is 42.0 Å². The Balaban J connectivity index is 1.92. The summed E-state index contributed by atoms with van der Waals surface area (Å²) in [6, 6.07) is 20.5. The quantitative estimate of drug-likeness (QED) is 0.482. The fraction of sp³-hybridized carbons (Fsp3) is 0.154. The number of amides is 1. The molecule has 0 spiro atoms. The first-order valence-corrected chi connectivity index (χ1v) is 10.1. The summed E-state index contributed by atoms with van der Waals surface area (Å²) in [7, 11) is 0. The lowest BCUT2D eigenvalue weighted by atomic mass is 10.0. The molecule has 0 fully saturated rings. The summed E-state index contributed by atoms with van der Waals surface area (Å²) in [6.45, 7) is 6.18. The molecular formula is C26H24N2O3. The van der Waals surface area contributed by atoms with E-state index in [0.717, 1.165) is 28.1 Å². The number of hydrogen-bond donors (Lipinski definition) is 1. The Morgan fingerprint density at radius 1 is 0.968 bits per heavy atom. The molecule has 0 saturated heterocycles. The van der Waals surface area contributed by atoms with Crippen LogP contribution in [0.5, 0.6) is 0 Å². The van der Waals surface area contributed by atoms with Crippen LogP contribution < -0.4 is 10.7 Å². The maximum absolute atomic E-state index is 13.4. The van der Waals surface area contributed by atoms with Crippen LogP contribution in [0.3, 0.4) is 0 Å². The third-order valence-electron chi connectivity index (χ3n) is 5.32. The van der Waals surface area contributed by atoms with Crippen molar-refractivity contribution in [3.63, 3.8) is 0 Å². The molecule has 1 N–H and O–H groups in total. The highest BCUT2D eigenvalue weighted by Crippen LogP contribution is 2.27. The fourth-order valence-electron chi connectivity index (χ4n) is 3.74.